The minimum absolute atomic E-state index is 0.885. The van der Waals surface area contributed by atoms with Gasteiger partial charge in [-0.1, -0.05) is 82.7 Å². The second-order valence-electron chi connectivity index (χ2n) is 5.10. The Morgan fingerprint density at radius 3 is 2.25 bits per heavy atom. The van der Waals surface area contributed by atoms with E-state index in [1.54, 1.807) is 0 Å². The van der Waals surface area contributed by atoms with Gasteiger partial charge in [0.05, 0.1) is 0 Å². The van der Waals surface area contributed by atoms with E-state index in [-0.39, 0.29) is 0 Å². The molecule has 0 aromatic heterocycles. The van der Waals surface area contributed by atoms with Crippen LogP contribution in [0.3, 0.4) is 0 Å². The Morgan fingerprint density at radius 2 is 1.35 bits per heavy atom. The van der Waals surface area contributed by atoms with Crippen LogP contribution in [0.4, 0.5) is 0 Å². The van der Waals surface area contributed by atoms with E-state index in [1.807, 2.05) is 0 Å². The standard InChI is InChI=1S/C19H13Br/c20-12-15-6-3-5-14-9-10-17-16-7-2-1-4-13(16)8-11-18(17)19(14)15/h1-11H,12H2. The fourth-order valence-electron chi connectivity index (χ4n) is 3.06. The van der Waals surface area contributed by atoms with E-state index in [0.717, 1.165) is 5.33 Å². The molecule has 0 bridgehead atoms. The van der Waals surface area contributed by atoms with Gasteiger partial charge in [-0.05, 0) is 37.9 Å². The van der Waals surface area contributed by atoms with Crippen LogP contribution >= 0.6 is 15.9 Å². The van der Waals surface area contributed by atoms with Gasteiger partial charge in [-0.3, -0.25) is 0 Å². The maximum absolute atomic E-state index is 3.61. The Bertz CT molecular complexity index is 938. The van der Waals surface area contributed by atoms with Gasteiger partial charge in [0.2, 0.25) is 0 Å². The Hall–Kier alpha value is -1.86. The Morgan fingerprint density at radius 1 is 0.600 bits per heavy atom. The summed E-state index contributed by atoms with van der Waals surface area (Å²) in [6.45, 7) is 0. The molecule has 0 aliphatic heterocycles. The van der Waals surface area contributed by atoms with Crippen LogP contribution in [0.25, 0.3) is 32.3 Å². The van der Waals surface area contributed by atoms with Gasteiger partial charge in [-0.25, -0.2) is 0 Å². The molecular weight excluding hydrogens is 308 g/mol. The third-order valence-electron chi connectivity index (χ3n) is 4.00. The van der Waals surface area contributed by atoms with E-state index in [4.69, 9.17) is 0 Å². The van der Waals surface area contributed by atoms with Gasteiger partial charge in [-0.15, -0.1) is 0 Å². The number of rotatable bonds is 1. The number of benzene rings is 4. The van der Waals surface area contributed by atoms with E-state index < -0.39 is 0 Å². The van der Waals surface area contributed by atoms with Crippen LogP contribution in [0, 0.1) is 0 Å². The van der Waals surface area contributed by atoms with Crippen LogP contribution in [0.2, 0.25) is 0 Å². The van der Waals surface area contributed by atoms with Crippen molar-refractivity contribution in [2.24, 2.45) is 0 Å². The SMILES string of the molecule is BrCc1cccc2ccc3c4ccccc4ccc3c12. The summed E-state index contributed by atoms with van der Waals surface area (Å²) in [5.74, 6) is 0. The van der Waals surface area contributed by atoms with Crippen molar-refractivity contribution in [3.63, 3.8) is 0 Å². The van der Waals surface area contributed by atoms with E-state index >= 15 is 0 Å². The first-order valence-electron chi connectivity index (χ1n) is 6.76. The van der Waals surface area contributed by atoms with Crippen LogP contribution in [0.5, 0.6) is 0 Å². The molecule has 4 aromatic rings. The Labute approximate surface area is 126 Å². The summed E-state index contributed by atoms with van der Waals surface area (Å²) in [7, 11) is 0. The largest absolute Gasteiger partial charge is 0.0876 e. The molecule has 0 saturated carbocycles. The molecule has 96 valence electrons. The van der Waals surface area contributed by atoms with Gasteiger partial charge < -0.3 is 0 Å². The Kier molecular flexibility index (Phi) is 2.75. The monoisotopic (exact) mass is 320 g/mol. The van der Waals surface area contributed by atoms with E-state index in [9.17, 15) is 0 Å². The normalized spacial score (nSPS) is 11.4. The van der Waals surface area contributed by atoms with Crippen LogP contribution in [-0.4, -0.2) is 0 Å². The fraction of sp³-hybridized carbons (Fsp3) is 0.0526. The maximum atomic E-state index is 3.61. The maximum Gasteiger partial charge on any atom is 0.0289 e. The molecule has 0 aliphatic carbocycles. The average Bonchev–Trinajstić information content (AvgIpc) is 2.53. The minimum Gasteiger partial charge on any atom is -0.0876 e. The van der Waals surface area contributed by atoms with Gasteiger partial charge >= 0.3 is 0 Å². The number of halogens is 1. The van der Waals surface area contributed by atoms with Crippen molar-refractivity contribution in [1.82, 2.24) is 0 Å². The molecule has 0 atom stereocenters. The molecule has 4 rings (SSSR count). The van der Waals surface area contributed by atoms with E-state index in [1.165, 1.54) is 37.9 Å². The summed E-state index contributed by atoms with van der Waals surface area (Å²) >= 11 is 3.61. The molecule has 0 amide bonds. The van der Waals surface area contributed by atoms with E-state index in [2.05, 4.69) is 82.7 Å². The highest BCUT2D eigenvalue weighted by Crippen LogP contribution is 2.33. The first-order chi connectivity index (χ1) is 9.88. The number of hydrogen-bond acceptors (Lipinski definition) is 0. The predicted molar refractivity (Wildman–Crippen MR) is 91.6 cm³/mol. The molecule has 20 heavy (non-hydrogen) atoms. The van der Waals surface area contributed by atoms with Crippen molar-refractivity contribution in [2.75, 3.05) is 0 Å². The lowest BCUT2D eigenvalue weighted by Gasteiger charge is -2.10. The molecular formula is C19H13Br. The van der Waals surface area contributed by atoms with Crippen LogP contribution in [-0.2, 0) is 5.33 Å². The van der Waals surface area contributed by atoms with Crippen LogP contribution in [0.15, 0.2) is 66.7 Å². The van der Waals surface area contributed by atoms with Crippen LogP contribution in [0.1, 0.15) is 5.56 Å². The van der Waals surface area contributed by atoms with Crippen LogP contribution < -0.4 is 0 Å². The number of hydrogen-bond donors (Lipinski definition) is 0. The highest BCUT2D eigenvalue weighted by molar-refractivity contribution is 9.08. The lowest BCUT2D eigenvalue weighted by atomic mass is 9.95. The van der Waals surface area contributed by atoms with Crippen molar-refractivity contribution >= 4 is 48.2 Å². The molecule has 0 nitrogen and oxygen atoms in total. The van der Waals surface area contributed by atoms with Gasteiger partial charge in [0.15, 0.2) is 0 Å². The average molecular weight is 321 g/mol. The lowest BCUT2D eigenvalue weighted by molar-refractivity contribution is 1.50. The minimum atomic E-state index is 0.885. The molecule has 0 aliphatic rings. The third kappa shape index (κ3) is 1.66. The summed E-state index contributed by atoms with van der Waals surface area (Å²) in [5.41, 5.74) is 1.35. The smallest absolute Gasteiger partial charge is 0.0289 e. The molecule has 0 saturated heterocycles. The molecule has 0 fully saturated rings. The van der Waals surface area contributed by atoms with Gasteiger partial charge in [0.1, 0.15) is 0 Å². The highest BCUT2D eigenvalue weighted by Gasteiger charge is 2.07. The summed E-state index contributed by atoms with van der Waals surface area (Å²) in [5, 5.41) is 8.88. The van der Waals surface area contributed by atoms with Crippen molar-refractivity contribution in [1.29, 1.82) is 0 Å². The molecule has 0 radical (unpaired) electrons. The van der Waals surface area contributed by atoms with Gasteiger partial charge in [0, 0.05) is 5.33 Å². The topological polar surface area (TPSA) is 0 Å². The summed E-state index contributed by atoms with van der Waals surface area (Å²) in [6, 6.07) is 24.1. The first kappa shape index (κ1) is 11.9. The van der Waals surface area contributed by atoms with Crippen molar-refractivity contribution < 1.29 is 0 Å². The summed E-state index contributed by atoms with van der Waals surface area (Å²) < 4.78 is 0. The molecule has 0 N–H and O–H groups in total. The van der Waals surface area contributed by atoms with E-state index in [0.29, 0.717) is 0 Å². The summed E-state index contributed by atoms with van der Waals surface area (Å²) in [6.07, 6.45) is 0. The lowest BCUT2D eigenvalue weighted by Crippen LogP contribution is -1.85. The van der Waals surface area contributed by atoms with Crippen molar-refractivity contribution in [3.8, 4) is 0 Å². The predicted octanol–water partition coefficient (Wildman–Crippen LogP) is 6.04. The molecule has 0 spiro atoms. The molecule has 4 aromatic carbocycles. The second-order valence-corrected chi connectivity index (χ2v) is 5.66. The zero-order valence-corrected chi connectivity index (χ0v) is 12.5. The van der Waals surface area contributed by atoms with Crippen molar-refractivity contribution in [3.05, 3.63) is 72.3 Å². The number of alkyl halides is 1. The van der Waals surface area contributed by atoms with Crippen molar-refractivity contribution in [2.45, 2.75) is 5.33 Å². The van der Waals surface area contributed by atoms with Gasteiger partial charge in [0.25, 0.3) is 0 Å². The highest BCUT2D eigenvalue weighted by atomic mass is 79.9. The summed E-state index contributed by atoms with van der Waals surface area (Å²) in [4.78, 5) is 0. The molecule has 0 heterocycles. The van der Waals surface area contributed by atoms with Gasteiger partial charge in [-0.2, -0.15) is 0 Å². The quantitative estimate of drug-likeness (QED) is 0.296. The number of fused-ring (bicyclic) bond motifs is 5. The molecule has 0 unspecified atom stereocenters. The Balaban J connectivity index is 2.28. The zero-order valence-electron chi connectivity index (χ0n) is 10.9. The first-order valence-corrected chi connectivity index (χ1v) is 7.89. The molecule has 1 heteroatoms. The second kappa shape index (κ2) is 4.60. The third-order valence-corrected chi connectivity index (χ3v) is 4.60. The zero-order chi connectivity index (χ0) is 13.5. The fourth-order valence-corrected chi connectivity index (χ4v) is 3.53.